The molecule has 3 aromatic rings. The minimum absolute atomic E-state index is 0.0317. The Kier molecular flexibility index (Phi) is 3.41. The number of aromatic nitrogens is 3. The van der Waals surface area contributed by atoms with Crippen LogP contribution in [0.5, 0.6) is 0 Å². The molecule has 0 spiro atoms. The first kappa shape index (κ1) is 12.3. The molecule has 0 saturated carbocycles. The summed E-state index contributed by atoms with van der Waals surface area (Å²) in [6, 6.07) is 11.5. The van der Waals surface area contributed by atoms with E-state index in [9.17, 15) is 4.79 Å². The van der Waals surface area contributed by atoms with Crippen LogP contribution < -0.4 is 5.32 Å². The second-order valence-electron chi connectivity index (χ2n) is 4.47. The second-order valence-corrected chi connectivity index (χ2v) is 4.47. The Morgan fingerprint density at radius 3 is 2.95 bits per heavy atom. The summed E-state index contributed by atoms with van der Waals surface area (Å²) < 4.78 is 1.98. The number of hydrogen-bond acceptors (Lipinski definition) is 3. The van der Waals surface area contributed by atoms with Crippen molar-refractivity contribution in [2.24, 2.45) is 0 Å². The van der Waals surface area contributed by atoms with E-state index in [1.807, 2.05) is 34.9 Å². The first-order valence-corrected chi connectivity index (χ1v) is 6.43. The number of imidazole rings is 1. The van der Waals surface area contributed by atoms with Gasteiger partial charge < -0.3 is 9.88 Å². The van der Waals surface area contributed by atoms with Crippen LogP contribution in [0.15, 0.2) is 55.1 Å². The Bertz CT molecular complexity index is 721. The molecule has 0 radical (unpaired) electrons. The number of aryl methyl sites for hydroxylation is 1. The fourth-order valence-corrected chi connectivity index (χ4v) is 2.07. The smallest absolute Gasteiger partial charge is 0.226 e. The van der Waals surface area contributed by atoms with E-state index in [0.717, 1.165) is 11.0 Å². The van der Waals surface area contributed by atoms with E-state index in [4.69, 9.17) is 0 Å². The Balaban J connectivity index is 1.63. The Labute approximate surface area is 116 Å². The lowest BCUT2D eigenvalue weighted by molar-refractivity contribution is -0.116. The molecule has 0 aliphatic heterocycles. The fraction of sp³-hybridized carbons (Fsp3) is 0.133. The molecular weight excluding hydrogens is 252 g/mol. The largest absolute Gasteiger partial charge is 0.330 e. The van der Waals surface area contributed by atoms with Crippen molar-refractivity contribution in [2.75, 3.05) is 5.32 Å². The molecule has 0 saturated heterocycles. The second kappa shape index (κ2) is 5.52. The van der Waals surface area contributed by atoms with Gasteiger partial charge in [-0.2, -0.15) is 0 Å². The number of rotatable bonds is 4. The molecule has 100 valence electrons. The number of fused-ring (bicyclic) bond motifs is 1. The van der Waals surface area contributed by atoms with E-state index in [-0.39, 0.29) is 5.91 Å². The zero-order valence-electron chi connectivity index (χ0n) is 10.9. The molecule has 0 unspecified atom stereocenters. The van der Waals surface area contributed by atoms with Crippen LogP contribution in [-0.4, -0.2) is 20.4 Å². The maximum absolute atomic E-state index is 11.9. The summed E-state index contributed by atoms with van der Waals surface area (Å²) in [5, 5.41) is 2.82. The summed E-state index contributed by atoms with van der Waals surface area (Å²) in [5.74, 6) is -0.0317. The van der Waals surface area contributed by atoms with Crippen LogP contribution in [-0.2, 0) is 11.3 Å². The molecule has 1 amide bonds. The van der Waals surface area contributed by atoms with Gasteiger partial charge in [0.05, 0.1) is 29.2 Å². The highest BCUT2D eigenvalue weighted by molar-refractivity contribution is 5.90. The molecule has 0 aliphatic rings. The number of carbonyl (C=O) groups excluding carboxylic acids is 1. The first-order chi connectivity index (χ1) is 9.83. The maximum Gasteiger partial charge on any atom is 0.226 e. The van der Waals surface area contributed by atoms with Crippen molar-refractivity contribution in [3.63, 3.8) is 0 Å². The van der Waals surface area contributed by atoms with Crippen molar-refractivity contribution in [3.8, 4) is 0 Å². The zero-order chi connectivity index (χ0) is 13.8. The number of amides is 1. The van der Waals surface area contributed by atoms with Gasteiger partial charge in [0.15, 0.2) is 0 Å². The van der Waals surface area contributed by atoms with Crippen LogP contribution in [0.3, 0.4) is 0 Å². The van der Waals surface area contributed by atoms with Gasteiger partial charge in [-0.25, -0.2) is 4.98 Å². The average Bonchev–Trinajstić information content (AvgIpc) is 2.89. The summed E-state index contributed by atoms with van der Waals surface area (Å²) in [6.45, 7) is 0.604. The van der Waals surface area contributed by atoms with Gasteiger partial charge in [-0.15, -0.1) is 0 Å². The van der Waals surface area contributed by atoms with Gasteiger partial charge in [0.25, 0.3) is 0 Å². The minimum Gasteiger partial charge on any atom is -0.330 e. The third-order valence-corrected chi connectivity index (χ3v) is 3.05. The first-order valence-electron chi connectivity index (χ1n) is 6.43. The highest BCUT2D eigenvalue weighted by atomic mass is 16.1. The topological polar surface area (TPSA) is 59.8 Å². The fourth-order valence-electron chi connectivity index (χ4n) is 2.07. The molecule has 2 aromatic heterocycles. The molecule has 0 fully saturated rings. The predicted octanol–water partition coefficient (Wildman–Crippen LogP) is 2.46. The quantitative estimate of drug-likeness (QED) is 0.789. The molecule has 0 atom stereocenters. The zero-order valence-corrected chi connectivity index (χ0v) is 10.9. The van der Waals surface area contributed by atoms with Crippen LogP contribution in [0.1, 0.15) is 6.42 Å². The molecule has 2 heterocycles. The van der Waals surface area contributed by atoms with Crippen LogP contribution >= 0.6 is 0 Å². The van der Waals surface area contributed by atoms with Crippen molar-refractivity contribution in [1.82, 2.24) is 14.5 Å². The molecule has 0 aliphatic carbocycles. The number of nitrogens with zero attached hydrogens (tertiary/aromatic N) is 3. The lowest BCUT2D eigenvalue weighted by atomic mass is 10.3. The maximum atomic E-state index is 11.9. The summed E-state index contributed by atoms with van der Waals surface area (Å²) in [5.41, 5.74) is 2.70. The van der Waals surface area contributed by atoms with Gasteiger partial charge in [0, 0.05) is 19.2 Å². The number of carbonyl (C=O) groups is 1. The monoisotopic (exact) mass is 266 g/mol. The lowest BCUT2D eigenvalue weighted by Gasteiger charge is -2.06. The summed E-state index contributed by atoms with van der Waals surface area (Å²) >= 11 is 0. The highest BCUT2D eigenvalue weighted by Gasteiger charge is 2.05. The van der Waals surface area contributed by atoms with Crippen molar-refractivity contribution >= 4 is 22.6 Å². The van der Waals surface area contributed by atoms with Gasteiger partial charge in [0.2, 0.25) is 5.91 Å². The molecular formula is C15H14N4O. The summed E-state index contributed by atoms with van der Waals surface area (Å²) in [4.78, 5) is 20.1. The van der Waals surface area contributed by atoms with Gasteiger partial charge >= 0.3 is 0 Å². The van der Waals surface area contributed by atoms with Gasteiger partial charge in [-0.3, -0.25) is 9.78 Å². The number of anilines is 1. The minimum atomic E-state index is -0.0317. The van der Waals surface area contributed by atoms with Crippen molar-refractivity contribution in [3.05, 3.63) is 55.1 Å². The Hall–Kier alpha value is -2.69. The molecule has 1 N–H and O–H groups in total. The molecule has 5 heteroatoms. The van der Waals surface area contributed by atoms with Crippen molar-refractivity contribution < 1.29 is 4.79 Å². The van der Waals surface area contributed by atoms with E-state index in [0.29, 0.717) is 18.7 Å². The van der Waals surface area contributed by atoms with Gasteiger partial charge in [0.1, 0.15) is 0 Å². The van der Waals surface area contributed by atoms with E-state index >= 15 is 0 Å². The van der Waals surface area contributed by atoms with Crippen LogP contribution in [0.4, 0.5) is 5.69 Å². The van der Waals surface area contributed by atoms with Gasteiger partial charge in [-0.05, 0) is 24.3 Å². The third kappa shape index (κ3) is 2.66. The molecule has 0 bridgehead atoms. The van der Waals surface area contributed by atoms with E-state index < -0.39 is 0 Å². The standard InChI is InChI=1S/C15H14N4O/c20-15(18-12-4-3-8-16-10-12)7-9-19-11-17-13-5-1-2-6-14(13)19/h1-6,8,10-11H,7,9H2,(H,18,20). The van der Waals surface area contributed by atoms with Crippen LogP contribution in [0.25, 0.3) is 11.0 Å². The molecule has 1 aromatic carbocycles. The highest BCUT2D eigenvalue weighted by Crippen LogP contribution is 2.12. The van der Waals surface area contributed by atoms with Crippen molar-refractivity contribution in [2.45, 2.75) is 13.0 Å². The molecule has 5 nitrogen and oxygen atoms in total. The molecule has 3 rings (SSSR count). The number of para-hydroxylation sites is 2. The number of hydrogen-bond donors (Lipinski definition) is 1. The summed E-state index contributed by atoms with van der Waals surface area (Å²) in [6.07, 6.45) is 5.47. The van der Waals surface area contributed by atoms with E-state index in [1.165, 1.54) is 0 Å². The third-order valence-electron chi connectivity index (χ3n) is 3.05. The number of benzene rings is 1. The van der Waals surface area contributed by atoms with Crippen molar-refractivity contribution in [1.29, 1.82) is 0 Å². The summed E-state index contributed by atoms with van der Waals surface area (Å²) in [7, 11) is 0. The SMILES string of the molecule is O=C(CCn1cnc2ccccc21)Nc1cccnc1. The van der Waals surface area contributed by atoms with Crippen LogP contribution in [0.2, 0.25) is 0 Å². The molecule has 20 heavy (non-hydrogen) atoms. The van der Waals surface area contributed by atoms with E-state index in [2.05, 4.69) is 15.3 Å². The number of nitrogens with one attached hydrogen (secondary N) is 1. The lowest BCUT2D eigenvalue weighted by Crippen LogP contribution is -2.14. The normalized spacial score (nSPS) is 10.6. The number of pyridine rings is 1. The van der Waals surface area contributed by atoms with Gasteiger partial charge in [-0.1, -0.05) is 12.1 Å². The Morgan fingerprint density at radius 1 is 1.20 bits per heavy atom. The average molecular weight is 266 g/mol. The van der Waals surface area contributed by atoms with E-state index in [1.54, 1.807) is 24.8 Å². The van der Waals surface area contributed by atoms with Crippen LogP contribution in [0, 0.1) is 0 Å². The predicted molar refractivity (Wildman–Crippen MR) is 77.2 cm³/mol. The Morgan fingerprint density at radius 2 is 2.10 bits per heavy atom.